The summed E-state index contributed by atoms with van der Waals surface area (Å²) in [4.78, 5) is 3.42. The molecule has 0 aliphatic rings. The van der Waals surface area contributed by atoms with E-state index in [1.807, 2.05) is 19.9 Å². The highest BCUT2D eigenvalue weighted by Crippen LogP contribution is 2.28. The molecule has 0 amide bonds. The van der Waals surface area contributed by atoms with E-state index in [0.717, 1.165) is 5.56 Å². The summed E-state index contributed by atoms with van der Waals surface area (Å²) in [6.07, 6.45) is 0. The highest BCUT2D eigenvalue weighted by molar-refractivity contribution is 6.07. The summed E-state index contributed by atoms with van der Waals surface area (Å²) in [6.45, 7) is 4.06. The Hall–Kier alpha value is -1.80. The minimum absolute atomic E-state index is 0.299. The number of benzene rings is 2. The second-order valence-electron chi connectivity index (χ2n) is 5.15. The van der Waals surface area contributed by atoms with Gasteiger partial charge < -0.3 is 10.7 Å². The van der Waals surface area contributed by atoms with Crippen molar-refractivity contribution >= 4 is 21.8 Å². The van der Waals surface area contributed by atoms with Gasteiger partial charge in [0.2, 0.25) is 0 Å². The van der Waals surface area contributed by atoms with E-state index < -0.39 is 0 Å². The molecule has 17 heavy (non-hydrogen) atoms. The van der Waals surface area contributed by atoms with Crippen LogP contribution in [0.25, 0.3) is 21.8 Å². The predicted octanol–water partition coefficient (Wildman–Crippen LogP) is 3.51. The smallest absolute Gasteiger partial charge is 0.0465 e. The van der Waals surface area contributed by atoms with E-state index in [-0.39, 0.29) is 5.54 Å². The van der Waals surface area contributed by atoms with Crippen LogP contribution in [0.3, 0.4) is 0 Å². The van der Waals surface area contributed by atoms with Crippen molar-refractivity contribution < 1.29 is 0 Å². The molecule has 0 atom stereocenters. The minimum atomic E-state index is -0.299. The number of nitrogens with one attached hydrogen (secondary N) is 1. The van der Waals surface area contributed by atoms with Gasteiger partial charge >= 0.3 is 0 Å². The van der Waals surface area contributed by atoms with Crippen LogP contribution >= 0.6 is 0 Å². The van der Waals surface area contributed by atoms with Crippen molar-refractivity contribution in [2.45, 2.75) is 19.4 Å². The van der Waals surface area contributed by atoms with Crippen molar-refractivity contribution in [3.8, 4) is 0 Å². The molecule has 2 heteroatoms. The normalized spacial score (nSPS) is 12.4. The van der Waals surface area contributed by atoms with Gasteiger partial charge in [0.1, 0.15) is 0 Å². The summed E-state index contributed by atoms with van der Waals surface area (Å²) < 4.78 is 0. The zero-order valence-corrected chi connectivity index (χ0v) is 10.1. The molecule has 0 spiro atoms. The van der Waals surface area contributed by atoms with Gasteiger partial charge in [0.15, 0.2) is 0 Å². The first-order valence-electron chi connectivity index (χ1n) is 5.85. The Morgan fingerprint density at radius 3 is 2.41 bits per heavy atom. The van der Waals surface area contributed by atoms with Gasteiger partial charge in [0.25, 0.3) is 0 Å². The van der Waals surface area contributed by atoms with E-state index in [9.17, 15) is 0 Å². The summed E-state index contributed by atoms with van der Waals surface area (Å²) in [7, 11) is 0. The maximum absolute atomic E-state index is 6.15. The number of nitrogens with two attached hydrogens (primary N) is 1. The number of rotatable bonds is 1. The number of aromatic amines is 1. The lowest BCUT2D eigenvalue weighted by atomic mass is 9.94. The van der Waals surface area contributed by atoms with E-state index in [4.69, 9.17) is 5.73 Å². The Morgan fingerprint density at radius 1 is 0.941 bits per heavy atom. The average molecular weight is 224 g/mol. The first kappa shape index (κ1) is 10.4. The monoisotopic (exact) mass is 224 g/mol. The second kappa shape index (κ2) is 3.34. The lowest BCUT2D eigenvalue weighted by Crippen LogP contribution is -2.28. The summed E-state index contributed by atoms with van der Waals surface area (Å²) >= 11 is 0. The van der Waals surface area contributed by atoms with Crippen LogP contribution in [-0.2, 0) is 5.54 Å². The van der Waals surface area contributed by atoms with Crippen LogP contribution in [0, 0.1) is 0 Å². The van der Waals surface area contributed by atoms with Crippen LogP contribution in [0.15, 0.2) is 42.5 Å². The largest absolute Gasteiger partial charge is 0.355 e. The highest BCUT2D eigenvalue weighted by atomic mass is 14.7. The molecule has 0 saturated carbocycles. The van der Waals surface area contributed by atoms with E-state index >= 15 is 0 Å². The summed E-state index contributed by atoms with van der Waals surface area (Å²) in [5.41, 5.74) is 9.35. The van der Waals surface area contributed by atoms with Crippen molar-refractivity contribution in [2.24, 2.45) is 5.73 Å². The van der Waals surface area contributed by atoms with Gasteiger partial charge in [-0.3, -0.25) is 0 Å². The van der Waals surface area contributed by atoms with Crippen molar-refractivity contribution in [1.29, 1.82) is 0 Å². The molecule has 3 N–H and O–H groups in total. The quantitative estimate of drug-likeness (QED) is 0.652. The molecular formula is C15H16N2. The number of fused-ring (bicyclic) bond motifs is 3. The molecule has 0 fully saturated rings. The van der Waals surface area contributed by atoms with Gasteiger partial charge in [0.05, 0.1) is 0 Å². The van der Waals surface area contributed by atoms with Crippen LogP contribution in [0.5, 0.6) is 0 Å². The molecule has 86 valence electrons. The third kappa shape index (κ3) is 1.61. The number of hydrogen-bond acceptors (Lipinski definition) is 1. The second-order valence-corrected chi connectivity index (χ2v) is 5.15. The zero-order valence-electron chi connectivity index (χ0n) is 10.1. The third-order valence-corrected chi connectivity index (χ3v) is 3.25. The van der Waals surface area contributed by atoms with Gasteiger partial charge in [-0.15, -0.1) is 0 Å². The van der Waals surface area contributed by atoms with Crippen LogP contribution in [-0.4, -0.2) is 4.98 Å². The van der Waals surface area contributed by atoms with Crippen LogP contribution in [0.1, 0.15) is 19.4 Å². The Labute approximate surface area is 100 Å². The Bertz CT molecular complexity index is 687. The first-order valence-corrected chi connectivity index (χ1v) is 5.85. The summed E-state index contributed by atoms with van der Waals surface area (Å²) in [5.74, 6) is 0. The average Bonchev–Trinajstić information content (AvgIpc) is 2.65. The fourth-order valence-corrected chi connectivity index (χ4v) is 2.25. The summed E-state index contributed by atoms with van der Waals surface area (Å²) in [5, 5.41) is 2.50. The molecule has 0 aliphatic heterocycles. The molecule has 1 aromatic heterocycles. The lowest BCUT2D eigenvalue weighted by Gasteiger charge is -2.19. The minimum Gasteiger partial charge on any atom is -0.355 e. The maximum atomic E-state index is 6.15. The SMILES string of the molecule is CC(C)(N)c1ccc2[nH]c3ccccc3c2c1. The zero-order chi connectivity index (χ0) is 12.0. The molecule has 3 aromatic rings. The molecule has 0 saturated heterocycles. The van der Waals surface area contributed by atoms with Gasteiger partial charge in [-0.25, -0.2) is 0 Å². The molecule has 2 aromatic carbocycles. The van der Waals surface area contributed by atoms with Gasteiger partial charge in [-0.05, 0) is 37.6 Å². The number of H-pyrrole nitrogens is 1. The van der Waals surface area contributed by atoms with Gasteiger partial charge in [-0.1, -0.05) is 24.3 Å². The Balaban J connectivity index is 2.38. The third-order valence-electron chi connectivity index (χ3n) is 3.25. The molecular weight excluding hydrogens is 208 g/mol. The maximum Gasteiger partial charge on any atom is 0.0465 e. The van der Waals surface area contributed by atoms with Crippen LogP contribution in [0.4, 0.5) is 0 Å². The topological polar surface area (TPSA) is 41.8 Å². The molecule has 3 rings (SSSR count). The van der Waals surface area contributed by atoms with E-state index in [1.54, 1.807) is 0 Å². The fraction of sp³-hybridized carbons (Fsp3) is 0.200. The van der Waals surface area contributed by atoms with Gasteiger partial charge in [0, 0.05) is 27.3 Å². The summed E-state index contributed by atoms with van der Waals surface area (Å²) in [6, 6.07) is 14.7. The van der Waals surface area contributed by atoms with Crippen LogP contribution < -0.4 is 5.73 Å². The first-order chi connectivity index (χ1) is 8.05. The highest BCUT2D eigenvalue weighted by Gasteiger charge is 2.15. The van der Waals surface area contributed by atoms with Crippen molar-refractivity contribution in [1.82, 2.24) is 4.98 Å². The van der Waals surface area contributed by atoms with Crippen LogP contribution in [0.2, 0.25) is 0 Å². The molecule has 1 heterocycles. The number of hydrogen-bond donors (Lipinski definition) is 2. The van der Waals surface area contributed by atoms with E-state index in [1.165, 1.54) is 21.8 Å². The van der Waals surface area contributed by atoms with Crippen molar-refractivity contribution in [3.63, 3.8) is 0 Å². The van der Waals surface area contributed by atoms with Gasteiger partial charge in [-0.2, -0.15) is 0 Å². The standard InChI is InChI=1S/C15H16N2/c1-15(2,16)10-7-8-14-12(9-10)11-5-3-4-6-13(11)17-14/h3-9,17H,16H2,1-2H3. The Kier molecular flexibility index (Phi) is 2.04. The molecule has 0 unspecified atom stereocenters. The van der Waals surface area contributed by atoms with E-state index in [2.05, 4.69) is 41.4 Å². The predicted molar refractivity (Wildman–Crippen MR) is 73.0 cm³/mol. The molecule has 2 nitrogen and oxygen atoms in total. The molecule has 0 bridgehead atoms. The van der Waals surface area contributed by atoms with E-state index in [0.29, 0.717) is 0 Å². The Morgan fingerprint density at radius 2 is 1.65 bits per heavy atom. The molecule has 0 radical (unpaired) electrons. The molecule has 0 aliphatic carbocycles. The lowest BCUT2D eigenvalue weighted by molar-refractivity contribution is 0.555. The number of aromatic nitrogens is 1. The van der Waals surface area contributed by atoms with Crippen molar-refractivity contribution in [2.75, 3.05) is 0 Å². The van der Waals surface area contributed by atoms with Crippen molar-refractivity contribution in [3.05, 3.63) is 48.0 Å². The number of para-hydroxylation sites is 1. The fourth-order valence-electron chi connectivity index (χ4n) is 2.25.